The van der Waals surface area contributed by atoms with Crippen LogP contribution in [0.1, 0.15) is 71.7 Å². The molecule has 1 N–H and O–H groups in total. The Kier molecular flexibility index (Phi) is 7.51. The highest BCUT2D eigenvalue weighted by Gasteiger charge is 2.35. The van der Waals surface area contributed by atoms with Gasteiger partial charge in [-0.1, -0.05) is 81.0 Å². The Morgan fingerprint density at radius 1 is 0.875 bits per heavy atom. The number of halogens is 1. The number of hydrogen-bond acceptors (Lipinski definition) is 2. The number of imidazole rings is 1. The zero-order chi connectivity index (χ0) is 21.0. The lowest BCUT2D eigenvalue weighted by molar-refractivity contribution is -0.127. The molecule has 4 nitrogen and oxygen atoms in total. The molecule has 0 spiro atoms. The molecular formula is C27H34ClN3O. The van der Waals surface area contributed by atoms with Gasteiger partial charge in [0.1, 0.15) is 11.9 Å². The summed E-state index contributed by atoms with van der Waals surface area (Å²) in [4.78, 5) is 18.9. The molecule has 1 heterocycles. The summed E-state index contributed by atoms with van der Waals surface area (Å²) in [6.07, 6.45) is 11.9. The van der Waals surface area contributed by atoms with Crippen molar-refractivity contribution in [1.82, 2.24) is 14.9 Å². The number of aromatic nitrogens is 2. The van der Waals surface area contributed by atoms with E-state index in [1.54, 1.807) is 0 Å². The van der Waals surface area contributed by atoms with E-state index < -0.39 is 0 Å². The monoisotopic (exact) mass is 451 g/mol. The van der Waals surface area contributed by atoms with Crippen molar-refractivity contribution in [2.24, 2.45) is 5.92 Å². The average molecular weight is 452 g/mol. The number of nitrogens with one attached hydrogen (secondary N) is 1. The van der Waals surface area contributed by atoms with E-state index >= 15 is 0 Å². The van der Waals surface area contributed by atoms with E-state index in [9.17, 15) is 4.79 Å². The molecule has 5 heteroatoms. The van der Waals surface area contributed by atoms with E-state index in [4.69, 9.17) is 4.98 Å². The molecular weight excluding hydrogens is 418 g/mol. The zero-order valence-electron chi connectivity index (χ0n) is 19.7. The fraction of sp³-hybridized carbons (Fsp3) is 0.481. The third-order valence-corrected chi connectivity index (χ3v) is 7.22. The van der Waals surface area contributed by atoms with Gasteiger partial charge in [0.15, 0.2) is 0 Å². The predicted molar refractivity (Wildman–Crippen MR) is 127 cm³/mol. The van der Waals surface area contributed by atoms with Crippen LogP contribution >= 0.6 is 0 Å². The van der Waals surface area contributed by atoms with Crippen molar-refractivity contribution in [3.63, 3.8) is 0 Å². The van der Waals surface area contributed by atoms with Crippen LogP contribution in [0.2, 0.25) is 0 Å². The maximum absolute atomic E-state index is 13.9. The van der Waals surface area contributed by atoms with Crippen LogP contribution < -0.4 is 17.7 Å². The molecule has 0 saturated heterocycles. The van der Waals surface area contributed by atoms with Gasteiger partial charge in [-0.05, 0) is 43.7 Å². The van der Waals surface area contributed by atoms with E-state index in [1.807, 2.05) is 12.1 Å². The first-order valence-corrected chi connectivity index (χ1v) is 12.1. The molecule has 0 aliphatic heterocycles. The van der Waals surface area contributed by atoms with E-state index in [0.29, 0.717) is 12.0 Å². The van der Waals surface area contributed by atoms with Gasteiger partial charge in [0, 0.05) is 11.6 Å². The second-order valence-electron chi connectivity index (χ2n) is 9.35. The van der Waals surface area contributed by atoms with Crippen LogP contribution in [0.4, 0.5) is 0 Å². The van der Waals surface area contributed by atoms with Gasteiger partial charge in [-0.2, -0.15) is 0 Å². The van der Waals surface area contributed by atoms with Crippen molar-refractivity contribution in [2.45, 2.75) is 76.3 Å². The van der Waals surface area contributed by atoms with Gasteiger partial charge in [-0.15, -0.1) is 0 Å². The highest BCUT2D eigenvalue weighted by Crippen LogP contribution is 2.38. The second-order valence-corrected chi connectivity index (χ2v) is 9.35. The molecule has 0 bridgehead atoms. The first-order chi connectivity index (χ1) is 15.3. The standard InChI is InChI=1S/C27H33N3O.ClH/c31-27(28-22-16-8-3-9-17-22)25(20-12-4-1-5-13-20)30-24-19-11-10-18-23(24)29-26(30)21-14-6-2-7-15-21;/h2,6-7,10-11,14-15,18-20,22,25H,1,3-5,8-9,12-13,16-17H2,(H,28,31);1H. The zero-order valence-corrected chi connectivity index (χ0v) is 19.4. The van der Waals surface area contributed by atoms with E-state index in [1.165, 1.54) is 38.5 Å². The minimum absolute atomic E-state index is 0. The van der Waals surface area contributed by atoms with Crippen molar-refractivity contribution < 1.29 is 18.6 Å². The van der Waals surface area contributed by atoms with Crippen LogP contribution in [-0.4, -0.2) is 21.5 Å². The molecule has 3 aromatic rings. The highest BCUT2D eigenvalue weighted by molar-refractivity contribution is 5.87. The van der Waals surface area contributed by atoms with Crippen molar-refractivity contribution in [2.75, 3.05) is 0 Å². The SMILES string of the molecule is O=C(NC1CCCCC1)C(C1CCCCC1)n1c(-c2ccccc2)nc2ccccc21.[Cl-].[H+]. The maximum Gasteiger partial charge on any atom is 1.00 e. The largest absolute Gasteiger partial charge is 1.00 e. The summed E-state index contributed by atoms with van der Waals surface area (Å²) in [6, 6.07) is 18.8. The molecule has 2 fully saturated rings. The van der Waals surface area contributed by atoms with Gasteiger partial charge in [0.05, 0.1) is 11.0 Å². The Morgan fingerprint density at radius 2 is 1.50 bits per heavy atom. The number of benzene rings is 2. The topological polar surface area (TPSA) is 46.9 Å². The Morgan fingerprint density at radius 3 is 2.22 bits per heavy atom. The quantitative estimate of drug-likeness (QED) is 0.646. The van der Waals surface area contributed by atoms with Crippen molar-refractivity contribution in [1.29, 1.82) is 0 Å². The Labute approximate surface area is 198 Å². The van der Waals surface area contributed by atoms with Crippen LogP contribution in [0.3, 0.4) is 0 Å². The van der Waals surface area contributed by atoms with Crippen LogP contribution in [0.25, 0.3) is 22.4 Å². The lowest BCUT2D eigenvalue weighted by atomic mass is 9.82. The number of amides is 1. The lowest BCUT2D eigenvalue weighted by Gasteiger charge is -2.33. The van der Waals surface area contributed by atoms with Gasteiger partial charge < -0.3 is 22.3 Å². The van der Waals surface area contributed by atoms with E-state index in [0.717, 1.165) is 48.1 Å². The van der Waals surface area contributed by atoms with Crippen molar-refractivity contribution in [3.05, 3.63) is 54.6 Å². The van der Waals surface area contributed by atoms with Crippen LogP contribution in [0, 0.1) is 5.92 Å². The lowest BCUT2D eigenvalue weighted by Crippen LogP contribution is -3.00. The van der Waals surface area contributed by atoms with Crippen molar-refractivity contribution in [3.8, 4) is 11.4 Å². The summed E-state index contributed by atoms with van der Waals surface area (Å²) in [6.45, 7) is 0. The average Bonchev–Trinajstić information content (AvgIpc) is 3.21. The second kappa shape index (κ2) is 10.5. The molecule has 1 amide bonds. The minimum atomic E-state index is -0.204. The molecule has 170 valence electrons. The van der Waals surface area contributed by atoms with Gasteiger partial charge in [0.25, 0.3) is 0 Å². The Balaban J connectivity index is 0.00000153. The van der Waals surface area contributed by atoms with Gasteiger partial charge in [-0.3, -0.25) is 4.79 Å². The number of para-hydroxylation sites is 2. The van der Waals surface area contributed by atoms with Gasteiger partial charge in [0.2, 0.25) is 5.91 Å². The molecule has 0 radical (unpaired) electrons. The van der Waals surface area contributed by atoms with Gasteiger partial charge >= 0.3 is 1.43 Å². The molecule has 2 aliphatic carbocycles. The molecule has 32 heavy (non-hydrogen) atoms. The van der Waals surface area contributed by atoms with Crippen LogP contribution in [-0.2, 0) is 4.79 Å². The molecule has 1 aromatic heterocycles. The Bertz CT molecular complexity index is 1030. The van der Waals surface area contributed by atoms with Crippen molar-refractivity contribution >= 4 is 16.9 Å². The fourth-order valence-electron chi connectivity index (χ4n) is 5.64. The molecule has 2 aromatic carbocycles. The third-order valence-electron chi connectivity index (χ3n) is 7.22. The molecule has 1 atom stereocenters. The smallest absolute Gasteiger partial charge is 1.00 e. The summed E-state index contributed by atoms with van der Waals surface area (Å²) < 4.78 is 2.26. The van der Waals surface area contributed by atoms with Crippen LogP contribution in [0.15, 0.2) is 54.6 Å². The third kappa shape index (κ3) is 4.71. The summed E-state index contributed by atoms with van der Waals surface area (Å²) in [5.41, 5.74) is 3.10. The number of rotatable bonds is 5. The molecule has 5 rings (SSSR count). The first kappa shape index (κ1) is 22.8. The van der Waals surface area contributed by atoms with Gasteiger partial charge in [-0.25, -0.2) is 4.98 Å². The highest BCUT2D eigenvalue weighted by atomic mass is 35.5. The Hall–Kier alpha value is -2.33. The minimum Gasteiger partial charge on any atom is -1.00 e. The number of fused-ring (bicyclic) bond motifs is 1. The first-order valence-electron chi connectivity index (χ1n) is 12.1. The summed E-state index contributed by atoms with van der Waals surface area (Å²) in [5.74, 6) is 1.47. The number of carbonyl (C=O) groups is 1. The summed E-state index contributed by atoms with van der Waals surface area (Å²) in [5, 5.41) is 3.46. The molecule has 2 saturated carbocycles. The summed E-state index contributed by atoms with van der Waals surface area (Å²) in [7, 11) is 0. The molecule has 1 unspecified atom stereocenters. The van der Waals surface area contributed by atoms with E-state index in [2.05, 4.69) is 52.3 Å². The van der Waals surface area contributed by atoms with Crippen LogP contribution in [0.5, 0.6) is 0 Å². The number of nitrogens with zero attached hydrogens (tertiary/aromatic N) is 2. The van der Waals surface area contributed by atoms with E-state index in [-0.39, 0.29) is 25.8 Å². The molecule has 2 aliphatic rings. The normalized spacial score (nSPS) is 18.8. The predicted octanol–water partition coefficient (Wildman–Crippen LogP) is 3.39. The number of hydrogen-bond donors (Lipinski definition) is 1. The summed E-state index contributed by atoms with van der Waals surface area (Å²) >= 11 is 0. The number of carbonyl (C=O) groups excluding carboxylic acids is 1. The maximum atomic E-state index is 13.9. The fourth-order valence-corrected chi connectivity index (χ4v) is 5.64.